The van der Waals surface area contributed by atoms with Gasteiger partial charge in [0.1, 0.15) is 0 Å². The van der Waals surface area contributed by atoms with E-state index in [0.29, 0.717) is 17.8 Å². The van der Waals surface area contributed by atoms with Crippen molar-refractivity contribution >= 4 is 37.8 Å². The lowest BCUT2D eigenvalue weighted by Crippen LogP contribution is -2.25. The maximum Gasteiger partial charge on any atom is 0.244 e. The third kappa shape index (κ3) is 5.92. The number of amides is 1. The molecule has 23 heavy (non-hydrogen) atoms. The first-order valence-corrected chi connectivity index (χ1v) is 9.54. The molecule has 124 valence electrons. The minimum absolute atomic E-state index is 0.00922. The van der Waals surface area contributed by atoms with E-state index >= 15 is 0 Å². The number of carbonyl (C=O) groups is 1. The number of hydrogen-bond acceptors (Lipinski definition) is 1. The van der Waals surface area contributed by atoms with Gasteiger partial charge in [-0.05, 0) is 86.2 Å². The highest BCUT2D eigenvalue weighted by Crippen LogP contribution is 2.49. The van der Waals surface area contributed by atoms with Gasteiger partial charge in [-0.2, -0.15) is 0 Å². The Labute approximate surface area is 155 Å². The number of hydrogen-bond donors (Lipinski definition) is 1. The Balaban J connectivity index is 1.87. The Morgan fingerprint density at radius 1 is 1.35 bits per heavy atom. The second-order valence-electron chi connectivity index (χ2n) is 6.57. The van der Waals surface area contributed by atoms with Crippen molar-refractivity contribution in [3.05, 3.63) is 56.5 Å². The van der Waals surface area contributed by atoms with Crippen LogP contribution in [0.4, 0.5) is 0 Å². The van der Waals surface area contributed by atoms with Crippen LogP contribution in [0.15, 0.2) is 50.9 Å². The second kappa shape index (κ2) is 8.29. The molecule has 0 radical (unpaired) electrons. The van der Waals surface area contributed by atoms with Crippen molar-refractivity contribution in [2.45, 2.75) is 33.1 Å². The van der Waals surface area contributed by atoms with E-state index < -0.39 is 0 Å². The van der Waals surface area contributed by atoms with E-state index in [1.54, 1.807) is 6.08 Å². The Hall–Kier alpha value is -0.870. The van der Waals surface area contributed by atoms with Crippen molar-refractivity contribution in [2.24, 2.45) is 11.8 Å². The molecule has 1 saturated carbocycles. The summed E-state index contributed by atoms with van der Waals surface area (Å²) < 4.78 is 2.18. The van der Waals surface area contributed by atoms with E-state index in [-0.39, 0.29) is 5.91 Å². The van der Waals surface area contributed by atoms with E-state index in [0.717, 1.165) is 21.1 Å². The molecule has 1 fully saturated rings. The number of halogens is 2. The molecule has 2 nitrogen and oxygen atoms in total. The summed E-state index contributed by atoms with van der Waals surface area (Å²) in [4.78, 5) is 11.7. The van der Waals surface area contributed by atoms with Gasteiger partial charge in [-0.15, -0.1) is 0 Å². The van der Waals surface area contributed by atoms with Crippen molar-refractivity contribution in [3.8, 4) is 0 Å². The molecule has 0 unspecified atom stereocenters. The summed E-state index contributed by atoms with van der Waals surface area (Å²) in [6.07, 6.45) is 7.14. The van der Waals surface area contributed by atoms with Crippen LogP contribution in [0.3, 0.4) is 0 Å². The largest absolute Gasteiger partial charge is 0.352 e. The molecule has 0 bridgehead atoms. The molecule has 1 aromatic rings. The molecule has 0 spiro atoms. The molecule has 2 rings (SSSR count). The molecule has 4 heteroatoms. The van der Waals surface area contributed by atoms with E-state index in [1.165, 1.54) is 12.0 Å². The molecular formula is C19H23Br2NO. The standard InChI is InChI=1S/C19H23Br2NO/c1-12(2)11-22-19(23)8-13(3)4-5-14-9-16(14)15-6-7-17(20)18(21)10-15/h4-8,10,12,14,16H,9,11H2,1-3H3,(H,22,23)/t14-,16-/m0/s1. The first-order valence-electron chi connectivity index (χ1n) is 7.96. The molecule has 0 aromatic heterocycles. The van der Waals surface area contributed by atoms with Crippen LogP contribution in [0.5, 0.6) is 0 Å². The van der Waals surface area contributed by atoms with Gasteiger partial charge in [-0.1, -0.05) is 32.1 Å². The summed E-state index contributed by atoms with van der Waals surface area (Å²) >= 11 is 7.06. The zero-order chi connectivity index (χ0) is 17.0. The molecule has 1 aliphatic rings. The molecule has 1 aliphatic carbocycles. The van der Waals surface area contributed by atoms with Gasteiger partial charge < -0.3 is 5.32 Å². The first-order chi connectivity index (χ1) is 10.9. The van der Waals surface area contributed by atoms with Crippen LogP contribution < -0.4 is 5.32 Å². The highest BCUT2D eigenvalue weighted by atomic mass is 79.9. The SMILES string of the molecule is CC(C=C[C@H]1C[C@@H]1c1ccc(Br)c(Br)c1)=CC(=O)NCC(C)C. The van der Waals surface area contributed by atoms with Crippen molar-refractivity contribution in [2.75, 3.05) is 6.54 Å². The van der Waals surface area contributed by atoms with Crippen LogP contribution >= 0.6 is 31.9 Å². The zero-order valence-corrected chi connectivity index (χ0v) is 16.9. The monoisotopic (exact) mass is 439 g/mol. The van der Waals surface area contributed by atoms with Crippen molar-refractivity contribution in [1.82, 2.24) is 5.32 Å². The van der Waals surface area contributed by atoms with Crippen molar-refractivity contribution in [1.29, 1.82) is 0 Å². The van der Waals surface area contributed by atoms with Gasteiger partial charge >= 0.3 is 0 Å². The van der Waals surface area contributed by atoms with Crippen molar-refractivity contribution in [3.63, 3.8) is 0 Å². The lowest BCUT2D eigenvalue weighted by molar-refractivity contribution is -0.116. The van der Waals surface area contributed by atoms with Crippen LogP contribution in [0.1, 0.15) is 38.7 Å². The van der Waals surface area contributed by atoms with Gasteiger partial charge in [0.2, 0.25) is 5.91 Å². The second-order valence-corrected chi connectivity index (χ2v) is 8.27. The van der Waals surface area contributed by atoms with Gasteiger partial charge in [0, 0.05) is 21.6 Å². The number of nitrogens with one attached hydrogen (secondary N) is 1. The maximum absolute atomic E-state index is 11.7. The molecule has 0 saturated heterocycles. The van der Waals surface area contributed by atoms with Crippen LogP contribution in [0.2, 0.25) is 0 Å². The molecule has 1 amide bonds. The minimum atomic E-state index is -0.00922. The number of allylic oxidation sites excluding steroid dienone is 3. The summed E-state index contributed by atoms with van der Waals surface area (Å²) in [5.74, 6) is 1.63. The molecule has 2 atom stereocenters. The Morgan fingerprint density at radius 3 is 2.74 bits per heavy atom. The summed E-state index contributed by atoms with van der Waals surface area (Å²) in [6, 6.07) is 6.45. The minimum Gasteiger partial charge on any atom is -0.352 e. The van der Waals surface area contributed by atoms with Crippen LogP contribution in [-0.4, -0.2) is 12.5 Å². The Bertz CT molecular complexity index is 634. The molecule has 0 aliphatic heterocycles. The third-order valence-electron chi connectivity index (χ3n) is 3.86. The fraction of sp³-hybridized carbons (Fsp3) is 0.421. The zero-order valence-electron chi connectivity index (χ0n) is 13.8. The van der Waals surface area contributed by atoms with Gasteiger partial charge in [-0.25, -0.2) is 0 Å². The van der Waals surface area contributed by atoms with Gasteiger partial charge in [0.05, 0.1) is 0 Å². The van der Waals surface area contributed by atoms with E-state index in [4.69, 9.17) is 0 Å². The van der Waals surface area contributed by atoms with Gasteiger partial charge in [0.15, 0.2) is 0 Å². The lowest BCUT2D eigenvalue weighted by Gasteiger charge is -2.04. The van der Waals surface area contributed by atoms with Gasteiger partial charge in [-0.3, -0.25) is 4.79 Å². The Morgan fingerprint density at radius 2 is 2.09 bits per heavy atom. The number of carbonyl (C=O) groups excluding carboxylic acids is 1. The lowest BCUT2D eigenvalue weighted by atomic mass is 10.1. The summed E-state index contributed by atoms with van der Waals surface area (Å²) in [5, 5.41) is 2.90. The van der Waals surface area contributed by atoms with Gasteiger partial charge in [0.25, 0.3) is 0 Å². The highest BCUT2D eigenvalue weighted by molar-refractivity contribution is 9.13. The predicted molar refractivity (Wildman–Crippen MR) is 103 cm³/mol. The topological polar surface area (TPSA) is 29.1 Å². The highest BCUT2D eigenvalue weighted by Gasteiger charge is 2.36. The average Bonchev–Trinajstić information content (AvgIpc) is 3.25. The van der Waals surface area contributed by atoms with E-state index in [2.05, 4.69) is 81.4 Å². The average molecular weight is 441 g/mol. The molecular weight excluding hydrogens is 418 g/mol. The summed E-state index contributed by atoms with van der Waals surface area (Å²) in [6.45, 7) is 6.86. The van der Waals surface area contributed by atoms with Crippen LogP contribution in [0.25, 0.3) is 0 Å². The Kier molecular flexibility index (Phi) is 6.66. The summed E-state index contributed by atoms with van der Waals surface area (Å²) in [7, 11) is 0. The van der Waals surface area contributed by atoms with Crippen LogP contribution in [-0.2, 0) is 4.79 Å². The number of benzene rings is 1. The van der Waals surface area contributed by atoms with Crippen LogP contribution in [0, 0.1) is 11.8 Å². The molecule has 0 heterocycles. The smallest absolute Gasteiger partial charge is 0.244 e. The first kappa shape index (κ1) is 18.5. The van der Waals surface area contributed by atoms with Crippen molar-refractivity contribution < 1.29 is 4.79 Å². The number of rotatable bonds is 6. The predicted octanol–water partition coefficient (Wildman–Crippen LogP) is 5.59. The third-order valence-corrected chi connectivity index (χ3v) is 5.74. The summed E-state index contributed by atoms with van der Waals surface area (Å²) in [5.41, 5.74) is 2.36. The molecule has 1 N–H and O–H groups in total. The van der Waals surface area contributed by atoms with E-state index in [1.807, 2.05) is 6.92 Å². The quantitative estimate of drug-likeness (QED) is 0.453. The van der Waals surface area contributed by atoms with E-state index in [9.17, 15) is 4.79 Å². The maximum atomic E-state index is 11.7. The fourth-order valence-electron chi connectivity index (χ4n) is 2.44. The molecule has 1 aromatic carbocycles. The fourth-order valence-corrected chi connectivity index (χ4v) is 3.08. The normalized spacial score (nSPS) is 21.0.